The molecule has 0 aliphatic carbocycles. The van der Waals surface area contributed by atoms with Gasteiger partial charge in [-0.25, -0.2) is 4.79 Å². The van der Waals surface area contributed by atoms with E-state index in [0.29, 0.717) is 0 Å². The molecule has 1 heterocycles. The van der Waals surface area contributed by atoms with Gasteiger partial charge in [0.2, 0.25) is 0 Å². The summed E-state index contributed by atoms with van der Waals surface area (Å²) >= 11 is 0. The molecule has 2 atom stereocenters. The summed E-state index contributed by atoms with van der Waals surface area (Å²) in [6.07, 6.45) is -5.54. The average Bonchev–Trinajstić information content (AvgIpc) is 2.39. The Morgan fingerprint density at radius 2 is 1.95 bits per heavy atom. The molecule has 2 rings (SSSR count). The molecule has 0 spiro atoms. The second kappa shape index (κ2) is 5.58. The van der Waals surface area contributed by atoms with Crippen LogP contribution in [0.3, 0.4) is 0 Å². The van der Waals surface area contributed by atoms with Gasteiger partial charge in [0, 0.05) is 0 Å². The third kappa shape index (κ3) is 3.68. The van der Waals surface area contributed by atoms with Crippen LogP contribution in [0.1, 0.15) is 10.4 Å². The smallest absolute Gasteiger partial charge is 0.406 e. The molecular formula is C12H12F3NO3. The van der Waals surface area contributed by atoms with Gasteiger partial charge in [-0.3, -0.25) is 5.32 Å². The van der Waals surface area contributed by atoms with Crippen LogP contribution in [0.25, 0.3) is 0 Å². The zero-order valence-corrected chi connectivity index (χ0v) is 9.81. The lowest BCUT2D eigenvalue weighted by atomic mass is 10.2. The Morgan fingerprint density at radius 3 is 2.58 bits per heavy atom. The number of esters is 1. The van der Waals surface area contributed by atoms with Crippen molar-refractivity contribution in [3.63, 3.8) is 0 Å². The third-order valence-corrected chi connectivity index (χ3v) is 2.59. The van der Waals surface area contributed by atoms with E-state index >= 15 is 0 Å². The fourth-order valence-corrected chi connectivity index (χ4v) is 1.64. The van der Waals surface area contributed by atoms with Crippen LogP contribution in [-0.2, 0) is 9.47 Å². The summed E-state index contributed by atoms with van der Waals surface area (Å²) in [6.45, 7) is -0.589. The molecule has 1 fully saturated rings. The number of ether oxygens (including phenoxy) is 2. The first-order valence-corrected chi connectivity index (χ1v) is 5.63. The van der Waals surface area contributed by atoms with E-state index in [-0.39, 0.29) is 12.2 Å². The number of hydrogen-bond acceptors (Lipinski definition) is 4. The van der Waals surface area contributed by atoms with Gasteiger partial charge in [-0.05, 0) is 12.1 Å². The molecule has 0 bridgehead atoms. The lowest BCUT2D eigenvalue weighted by molar-refractivity contribution is -0.195. The van der Waals surface area contributed by atoms with Crippen LogP contribution in [0.4, 0.5) is 13.2 Å². The zero-order valence-electron chi connectivity index (χ0n) is 9.81. The van der Waals surface area contributed by atoms with Crippen LogP contribution in [0, 0.1) is 0 Å². The molecule has 2 unspecified atom stereocenters. The minimum atomic E-state index is -4.43. The van der Waals surface area contributed by atoms with Gasteiger partial charge in [-0.2, -0.15) is 13.2 Å². The molecule has 1 aliphatic heterocycles. The summed E-state index contributed by atoms with van der Waals surface area (Å²) < 4.78 is 47.2. The fraction of sp³-hybridized carbons (Fsp3) is 0.417. The first-order valence-electron chi connectivity index (χ1n) is 5.63. The molecule has 4 nitrogen and oxygen atoms in total. The van der Waals surface area contributed by atoms with Crippen molar-refractivity contribution in [2.24, 2.45) is 0 Å². The summed E-state index contributed by atoms with van der Waals surface area (Å²) in [5.74, 6) is -0.690. The number of nitrogens with one attached hydrogen (secondary N) is 1. The number of carbonyl (C=O) groups excluding carboxylic acids is 1. The normalized spacial score (nSPS) is 23.9. The quantitative estimate of drug-likeness (QED) is 0.835. The maximum absolute atomic E-state index is 12.5. The van der Waals surface area contributed by atoms with Crippen molar-refractivity contribution in [1.29, 1.82) is 0 Å². The minimum absolute atomic E-state index is 0.106. The molecule has 0 amide bonds. The molecular weight excluding hydrogens is 263 g/mol. The van der Waals surface area contributed by atoms with Gasteiger partial charge in [0.15, 0.2) is 6.23 Å². The Labute approximate surface area is 107 Å². The van der Waals surface area contributed by atoms with Crippen molar-refractivity contribution >= 4 is 5.97 Å². The predicted molar refractivity (Wildman–Crippen MR) is 59.4 cm³/mol. The number of morpholine rings is 1. The molecule has 1 aromatic rings. The maximum Gasteiger partial charge on any atom is 0.406 e. The first kappa shape index (κ1) is 13.8. The van der Waals surface area contributed by atoms with E-state index in [2.05, 4.69) is 5.32 Å². The number of alkyl halides is 3. The Hall–Kier alpha value is -1.60. The predicted octanol–water partition coefficient (Wildman–Crippen LogP) is 1.72. The highest BCUT2D eigenvalue weighted by molar-refractivity contribution is 5.89. The summed E-state index contributed by atoms with van der Waals surface area (Å²) in [7, 11) is 0. The minimum Gasteiger partial charge on any atom is -0.440 e. The molecule has 0 radical (unpaired) electrons. The molecule has 1 aromatic carbocycles. The number of hydrogen-bond donors (Lipinski definition) is 1. The van der Waals surface area contributed by atoms with E-state index < -0.39 is 31.0 Å². The van der Waals surface area contributed by atoms with Gasteiger partial charge in [-0.15, -0.1) is 0 Å². The van der Waals surface area contributed by atoms with Crippen molar-refractivity contribution in [1.82, 2.24) is 5.32 Å². The van der Waals surface area contributed by atoms with E-state index in [1.165, 1.54) is 12.1 Å². The summed E-state index contributed by atoms with van der Waals surface area (Å²) in [6, 6.07) is 6.22. The van der Waals surface area contributed by atoms with Gasteiger partial charge in [-0.1, -0.05) is 18.2 Å². The van der Waals surface area contributed by atoms with Crippen LogP contribution in [0.2, 0.25) is 0 Å². The van der Waals surface area contributed by atoms with Gasteiger partial charge in [0.25, 0.3) is 0 Å². The van der Waals surface area contributed by atoms with Crippen molar-refractivity contribution in [3.8, 4) is 0 Å². The van der Waals surface area contributed by atoms with Crippen molar-refractivity contribution in [2.75, 3.05) is 13.2 Å². The SMILES string of the molecule is O=C(OC1COCC(C(F)(F)F)N1)c1ccccc1. The Morgan fingerprint density at radius 1 is 1.26 bits per heavy atom. The lowest BCUT2D eigenvalue weighted by Crippen LogP contribution is -2.56. The van der Waals surface area contributed by atoms with Crippen LogP contribution >= 0.6 is 0 Å². The molecule has 7 heteroatoms. The molecule has 1 N–H and O–H groups in total. The van der Waals surface area contributed by atoms with Crippen molar-refractivity contribution < 1.29 is 27.4 Å². The summed E-state index contributed by atoms with van der Waals surface area (Å²) in [4.78, 5) is 11.7. The van der Waals surface area contributed by atoms with E-state index in [4.69, 9.17) is 9.47 Å². The monoisotopic (exact) mass is 275 g/mol. The summed E-state index contributed by atoms with van der Waals surface area (Å²) in [5.41, 5.74) is 0.276. The second-order valence-corrected chi connectivity index (χ2v) is 4.06. The van der Waals surface area contributed by atoms with E-state index in [1.807, 2.05) is 0 Å². The molecule has 0 aromatic heterocycles. The molecule has 104 valence electrons. The van der Waals surface area contributed by atoms with Gasteiger partial charge in [0.1, 0.15) is 6.04 Å². The number of benzene rings is 1. The van der Waals surface area contributed by atoms with Crippen LogP contribution in [-0.4, -0.2) is 37.6 Å². The Bertz CT molecular complexity index is 436. The maximum atomic E-state index is 12.5. The summed E-state index contributed by atoms with van der Waals surface area (Å²) in [5, 5.41) is 2.20. The van der Waals surface area contributed by atoms with E-state index in [1.54, 1.807) is 18.2 Å². The average molecular weight is 275 g/mol. The van der Waals surface area contributed by atoms with Crippen LogP contribution < -0.4 is 5.32 Å². The van der Waals surface area contributed by atoms with Gasteiger partial charge in [0.05, 0.1) is 18.8 Å². The highest BCUT2D eigenvalue weighted by Gasteiger charge is 2.43. The molecule has 0 saturated carbocycles. The first-order chi connectivity index (χ1) is 8.97. The van der Waals surface area contributed by atoms with Crippen molar-refractivity contribution in [3.05, 3.63) is 35.9 Å². The zero-order chi connectivity index (χ0) is 13.9. The molecule has 19 heavy (non-hydrogen) atoms. The molecule has 1 aliphatic rings. The van der Waals surface area contributed by atoms with Crippen molar-refractivity contribution in [2.45, 2.75) is 18.4 Å². The largest absolute Gasteiger partial charge is 0.440 e. The highest BCUT2D eigenvalue weighted by atomic mass is 19.4. The van der Waals surface area contributed by atoms with Crippen LogP contribution in [0.15, 0.2) is 30.3 Å². The second-order valence-electron chi connectivity index (χ2n) is 4.06. The Kier molecular flexibility index (Phi) is 4.06. The molecule has 1 saturated heterocycles. The van der Waals surface area contributed by atoms with E-state index in [9.17, 15) is 18.0 Å². The van der Waals surface area contributed by atoms with Crippen LogP contribution in [0.5, 0.6) is 0 Å². The highest BCUT2D eigenvalue weighted by Crippen LogP contribution is 2.23. The van der Waals surface area contributed by atoms with Gasteiger partial charge < -0.3 is 9.47 Å². The third-order valence-electron chi connectivity index (χ3n) is 2.59. The standard InChI is InChI=1S/C12H12F3NO3/c13-12(14,15)9-6-18-7-10(16-9)19-11(17)8-4-2-1-3-5-8/h1-5,9-10,16H,6-7H2. The fourth-order valence-electron chi connectivity index (χ4n) is 1.64. The Balaban J connectivity index is 1.94. The van der Waals surface area contributed by atoms with Gasteiger partial charge >= 0.3 is 12.1 Å². The van der Waals surface area contributed by atoms with E-state index in [0.717, 1.165) is 0 Å². The number of carbonyl (C=O) groups is 1. The number of halogens is 3. The number of rotatable bonds is 2. The lowest BCUT2D eigenvalue weighted by Gasteiger charge is -2.31. The topological polar surface area (TPSA) is 47.6 Å².